The Labute approximate surface area is 115 Å². The van der Waals surface area contributed by atoms with Gasteiger partial charge < -0.3 is 5.32 Å². The summed E-state index contributed by atoms with van der Waals surface area (Å²) in [5, 5.41) is 3.63. The highest BCUT2D eigenvalue weighted by Crippen LogP contribution is 2.20. The van der Waals surface area contributed by atoms with Crippen molar-refractivity contribution in [1.29, 1.82) is 0 Å². The van der Waals surface area contributed by atoms with Gasteiger partial charge in [-0.25, -0.2) is 0 Å². The molecule has 2 heteroatoms. The molecule has 1 aromatic carbocycles. The maximum atomic E-state index is 4.17. The van der Waals surface area contributed by atoms with E-state index in [1.807, 2.05) is 18.5 Å². The summed E-state index contributed by atoms with van der Waals surface area (Å²) in [6, 6.07) is 11.4. The van der Waals surface area contributed by atoms with E-state index in [1.54, 1.807) is 0 Å². The molecule has 100 valence electrons. The fourth-order valence-electron chi connectivity index (χ4n) is 2.46. The molecule has 0 bridgehead atoms. The van der Waals surface area contributed by atoms with Crippen LogP contribution in [0.25, 0.3) is 0 Å². The van der Waals surface area contributed by atoms with Gasteiger partial charge in [0.25, 0.3) is 0 Å². The number of nitrogens with one attached hydrogen (secondary N) is 1. The molecule has 0 spiro atoms. The van der Waals surface area contributed by atoms with Crippen LogP contribution >= 0.6 is 0 Å². The van der Waals surface area contributed by atoms with Crippen molar-refractivity contribution < 1.29 is 0 Å². The molecule has 2 atom stereocenters. The summed E-state index contributed by atoms with van der Waals surface area (Å²) in [7, 11) is 0. The predicted octanol–water partition coefficient (Wildman–Crippen LogP) is 4.11. The Kier molecular flexibility index (Phi) is 4.33. The van der Waals surface area contributed by atoms with E-state index in [9.17, 15) is 0 Å². The number of benzene rings is 1. The first-order chi connectivity index (χ1) is 9.06. The first-order valence-corrected chi connectivity index (χ1v) is 6.80. The molecule has 0 fully saturated rings. The fourth-order valence-corrected chi connectivity index (χ4v) is 2.46. The Morgan fingerprint density at radius 2 is 1.58 bits per heavy atom. The molecule has 2 nitrogen and oxygen atoms in total. The van der Waals surface area contributed by atoms with Gasteiger partial charge in [-0.15, -0.1) is 0 Å². The van der Waals surface area contributed by atoms with Crippen molar-refractivity contribution in [2.75, 3.05) is 0 Å². The maximum Gasteiger partial charge on any atom is 0.0315 e. The van der Waals surface area contributed by atoms with Crippen molar-refractivity contribution in [2.24, 2.45) is 0 Å². The monoisotopic (exact) mass is 254 g/mol. The lowest BCUT2D eigenvalue weighted by Crippen LogP contribution is -2.22. The van der Waals surface area contributed by atoms with Crippen LogP contribution in [-0.4, -0.2) is 4.98 Å². The minimum atomic E-state index is 0.296. The van der Waals surface area contributed by atoms with Gasteiger partial charge in [0, 0.05) is 24.5 Å². The zero-order valence-corrected chi connectivity index (χ0v) is 12.1. The van der Waals surface area contributed by atoms with E-state index in [1.165, 1.54) is 22.3 Å². The van der Waals surface area contributed by atoms with Crippen LogP contribution in [-0.2, 0) is 0 Å². The molecule has 0 amide bonds. The third kappa shape index (κ3) is 3.65. The molecule has 0 saturated carbocycles. The molecule has 0 aliphatic heterocycles. The number of rotatable bonds is 4. The van der Waals surface area contributed by atoms with E-state index in [0.717, 1.165) is 0 Å². The number of aryl methyl sites for hydroxylation is 2. The summed E-state index contributed by atoms with van der Waals surface area (Å²) in [6.07, 6.45) is 3.73. The van der Waals surface area contributed by atoms with Gasteiger partial charge in [0.05, 0.1) is 0 Å². The van der Waals surface area contributed by atoms with E-state index in [2.05, 4.69) is 62.3 Å². The first-order valence-electron chi connectivity index (χ1n) is 6.80. The molecule has 1 N–H and O–H groups in total. The van der Waals surface area contributed by atoms with E-state index in [0.29, 0.717) is 12.1 Å². The first kappa shape index (κ1) is 13.8. The van der Waals surface area contributed by atoms with Crippen molar-refractivity contribution in [1.82, 2.24) is 10.3 Å². The molecule has 19 heavy (non-hydrogen) atoms. The second-order valence-electron chi connectivity index (χ2n) is 5.32. The Bertz CT molecular complexity index is 514. The van der Waals surface area contributed by atoms with Gasteiger partial charge in [0.15, 0.2) is 0 Å². The lowest BCUT2D eigenvalue weighted by molar-refractivity contribution is 0.493. The summed E-state index contributed by atoms with van der Waals surface area (Å²) in [5.41, 5.74) is 5.20. The van der Waals surface area contributed by atoms with Crippen LogP contribution in [0.2, 0.25) is 0 Å². The van der Waals surface area contributed by atoms with Gasteiger partial charge in [-0.05, 0) is 44.9 Å². The molecule has 2 rings (SSSR count). The molecule has 0 radical (unpaired) electrons. The molecule has 0 aliphatic carbocycles. The van der Waals surface area contributed by atoms with Gasteiger partial charge in [0.1, 0.15) is 0 Å². The smallest absolute Gasteiger partial charge is 0.0315 e. The topological polar surface area (TPSA) is 24.9 Å². The molecule has 0 aliphatic rings. The van der Waals surface area contributed by atoms with Crippen LogP contribution < -0.4 is 5.32 Å². The maximum absolute atomic E-state index is 4.17. The van der Waals surface area contributed by atoms with Crippen molar-refractivity contribution >= 4 is 0 Å². The average Bonchev–Trinajstić information content (AvgIpc) is 2.38. The third-order valence-electron chi connectivity index (χ3n) is 3.43. The number of hydrogen-bond donors (Lipinski definition) is 1. The molecule has 0 saturated heterocycles. The fraction of sp³-hybridized carbons (Fsp3) is 0.353. The van der Waals surface area contributed by atoms with Crippen molar-refractivity contribution in [3.05, 3.63) is 65.0 Å². The lowest BCUT2D eigenvalue weighted by Gasteiger charge is -2.21. The minimum Gasteiger partial charge on any atom is -0.304 e. The molecule has 1 aromatic heterocycles. The van der Waals surface area contributed by atoms with Crippen LogP contribution in [0.5, 0.6) is 0 Å². The van der Waals surface area contributed by atoms with E-state index >= 15 is 0 Å². The Balaban J connectivity index is 2.10. The van der Waals surface area contributed by atoms with Gasteiger partial charge >= 0.3 is 0 Å². The number of hydrogen-bond acceptors (Lipinski definition) is 2. The van der Waals surface area contributed by atoms with Crippen molar-refractivity contribution in [3.8, 4) is 0 Å². The summed E-state index contributed by atoms with van der Waals surface area (Å²) >= 11 is 0. The Morgan fingerprint density at radius 3 is 2.16 bits per heavy atom. The van der Waals surface area contributed by atoms with Gasteiger partial charge in [-0.2, -0.15) is 0 Å². The van der Waals surface area contributed by atoms with Crippen molar-refractivity contribution in [3.63, 3.8) is 0 Å². The zero-order valence-electron chi connectivity index (χ0n) is 12.1. The van der Waals surface area contributed by atoms with E-state index in [-0.39, 0.29) is 0 Å². The highest BCUT2D eigenvalue weighted by molar-refractivity contribution is 5.30. The van der Waals surface area contributed by atoms with Crippen molar-refractivity contribution in [2.45, 2.75) is 39.8 Å². The normalized spacial score (nSPS) is 14.1. The van der Waals surface area contributed by atoms with Gasteiger partial charge in [-0.3, -0.25) is 4.98 Å². The predicted molar refractivity (Wildman–Crippen MR) is 80.1 cm³/mol. The third-order valence-corrected chi connectivity index (χ3v) is 3.43. The SMILES string of the molecule is Cc1cc(C)cc(C(C)N[C@H](C)c2cccnc2)c1. The number of pyridine rings is 1. The Morgan fingerprint density at radius 1 is 0.947 bits per heavy atom. The summed E-state index contributed by atoms with van der Waals surface area (Å²) in [6.45, 7) is 8.68. The Hall–Kier alpha value is -1.67. The number of aromatic nitrogens is 1. The molecule has 1 unspecified atom stereocenters. The van der Waals surface area contributed by atoms with Crippen LogP contribution in [0, 0.1) is 13.8 Å². The van der Waals surface area contributed by atoms with Gasteiger partial charge in [-0.1, -0.05) is 35.4 Å². The second-order valence-corrected chi connectivity index (χ2v) is 5.32. The second kappa shape index (κ2) is 5.98. The highest BCUT2D eigenvalue weighted by Gasteiger charge is 2.11. The number of nitrogens with zero attached hydrogens (tertiary/aromatic N) is 1. The van der Waals surface area contributed by atoms with Crippen LogP contribution in [0.3, 0.4) is 0 Å². The standard InChI is InChI=1S/C17H22N2/c1-12-8-13(2)10-17(9-12)15(4)19-14(3)16-6-5-7-18-11-16/h5-11,14-15,19H,1-4H3/t14-,15?/m1/s1. The highest BCUT2D eigenvalue weighted by atomic mass is 14.9. The quantitative estimate of drug-likeness (QED) is 0.888. The van der Waals surface area contributed by atoms with Crippen LogP contribution in [0.15, 0.2) is 42.7 Å². The van der Waals surface area contributed by atoms with Crippen LogP contribution in [0.1, 0.15) is 48.2 Å². The lowest BCUT2D eigenvalue weighted by atomic mass is 10.0. The van der Waals surface area contributed by atoms with E-state index < -0.39 is 0 Å². The van der Waals surface area contributed by atoms with E-state index in [4.69, 9.17) is 0 Å². The summed E-state index contributed by atoms with van der Waals surface area (Å²) in [4.78, 5) is 4.17. The zero-order chi connectivity index (χ0) is 13.8. The van der Waals surface area contributed by atoms with Crippen LogP contribution in [0.4, 0.5) is 0 Å². The molecule has 1 heterocycles. The summed E-state index contributed by atoms with van der Waals surface area (Å²) in [5.74, 6) is 0. The molecular formula is C17H22N2. The average molecular weight is 254 g/mol. The largest absolute Gasteiger partial charge is 0.304 e. The summed E-state index contributed by atoms with van der Waals surface area (Å²) < 4.78 is 0. The minimum absolute atomic E-state index is 0.296. The molecular weight excluding hydrogens is 232 g/mol. The molecule has 2 aromatic rings. The van der Waals surface area contributed by atoms with Gasteiger partial charge in [0.2, 0.25) is 0 Å².